The Bertz CT molecular complexity index is 910. The topological polar surface area (TPSA) is 51.2 Å². The van der Waals surface area contributed by atoms with Crippen molar-refractivity contribution in [3.63, 3.8) is 0 Å². The molecule has 154 valence electrons. The number of amides is 1. The van der Waals surface area contributed by atoms with Gasteiger partial charge in [-0.05, 0) is 29.3 Å². The second kappa shape index (κ2) is 8.51. The Balaban J connectivity index is 1.38. The highest BCUT2D eigenvalue weighted by Gasteiger charge is 2.24. The van der Waals surface area contributed by atoms with Crippen molar-refractivity contribution >= 4 is 17.5 Å². The van der Waals surface area contributed by atoms with Crippen molar-refractivity contribution in [1.82, 2.24) is 9.80 Å². The maximum absolute atomic E-state index is 13.0. The highest BCUT2D eigenvalue weighted by Crippen LogP contribution is 2.36. The first-order valence-electron chi connectivity index (χ1n) is 9.77. The van der Waals surface area contributed by atoms with Gasteiger partial charge < -0.3 is 19.1 Å². The van der Waals surface area contributed by atoms with Crippen LogP contribution in [0.1, 0.15) is 21.5 Å². The average Bonchev–Trinajstić information content (AvgIpc) is 3.21. The van der Waals surface area contributed by atoms with Crippen LogP contribution in [-0.2, 0) is 13.0 Å². The van der Waals surface area contributed by atoms with E-state index in [1.807, 2.05) is 4.90 Å². The number of fused-ring (bicyclic) bond motifs is 1. The van der Waals surface area contributed by atoms with E-state index in [0.29, 0.717) is 35.2 Å². The molecule has 1 fully saturated rings. The molecule has 2 aromatic rings. The highest BCUT2D eigenvalue weighted by molar-refractivity contribution is 6.32. The smallest absolute Gasteiger partial charge is 0.254 e. The molecule has 0 bridgehead atoms. The minimum Gasteiger partial charge on any atom is -0.493 e. The second-order valence-electron chi connectivity index (χ2n) is 7.30. The lowest BCUT2D eigenvalue weighted by molar-refractivity contribution is 0.0628. The summed E-state index contributed by atoms with van der Waals surface area (Å²) in [5.41, 5.74) is 3.10. The SMILES string of the molecule is COc1cc(C(=O)N2CCN(Cc3ccc4c(c3)CCO4)CC2)cc(Cl)c1OC. The Kier molecular flexibility index (Phi) is 5.83. The standard InChI is InChI=1S/C22H25ClN2O4/c1-27-20-13-17(12-18(23)21(20)28-2)22(26)25-8-6-24(7-9-25)14-15-3-4-19-16(11-15)5-10-29-19/h3-4,11-13H,5-10,14H2,1-2H3. The van der Waals surface area contributed by atoms with Crippen molar-refractivity contribution in [2.24, 2.45) is 0 Å². The van der Waals surface area contributed by atoms with Crippen molar-refractivity contribution in [2.75, 3.05) is 47.0 Å². The van der Waals surface area contributed by atoms with Gasteiger partial charge in [0.25, 0.3) is 5.91 Å². The fourth-order valence-corrected chi connectivity index (χ4v) is 4.22. The Morgan fingerprint density at radius 3 is 2.62 bits per heavy atom. The number of carbonyl (C=O) groups excluding carboxylic acids is 1. The molecule has 0 aromatic heterocycles. The molecule has 0 saturated carbocycles. The minimum absolute atomic E-state index is 0.0396. The van der Waals surface area contributed by atoms with E-state index in [0.717, 1.165) is 38.4 Å². The molecule has 0 aliphatic carbocycles. The molecule has 2 aromatic carbocycles. The summed E-state index contributed by atoms with van der Waals surface area (Å²) >= 11 is 6.26. The van der Waals surface area contributed by atoms with Crippen LogP contribution in [0.15, 0.2) is 30.3 Å². The molecule has 0 N–H and O–H groups in total. The van der Waals surface area contributed by atoms with Crippen LogP contribution in [0.4, 0.5) is 0 Å². The third-order valence-corrected chi connectivity index (χ3v) is 5.78. The third kappa shape index (κ3) is 4.14. The number of ether oxygens (including phenoxy) is 3. The first-order valence-corrected chi connectivity index (χ1v) is 10.1. The zero-order valence-electron chi connectivity index (χ0n) is 16.7. The normalized spacial score (nSPS) is 16.3. The maximum atomic E-state index is 13.0. The molecule has 29 heavy (non-hydrogen) atoms. The van der Waals surface area contributed by atoms with Gasteiger partial charge in [-0.25, -0.2) is 0 Å². The van der Waals surface area contributed by atoms with E-state index in [1.54, 1.807) is 12.1 Å². The number of methoxy groups -OCH3 is 2. The lowest BCUT2D eigenvalue weighted by Crippen LogP contribution is -2.48. The number of hydrogen-bond acceptors (Lipinski definition) is 5. The van der Waals surface area contributed by atoms with Gasteiger partial charge in [0.05, 0.1) is 25.8 Å². The van der Waals surface area contributed by atoms with Crippen LogP contribution in [0.5, 0.6) is 17.2 Å². The highest BCUT2D eigenvalue weighted by atomic mass is 35.5. The number of halogens is 1. The molecule has 6 nitrogen and oxygen atoms in total. The van der Waals surface area contributed by atoms with Gasteiger partial charge in [-0.2, -0.15) is 0 Å². The summed E-state index contributed by atoms with van der Waals surface area (Å²) in [6.45, 7) is 4.69. The first kappa shape index (κ1) is 19.9. The summed E-state index contributed by atoms with van der Waals surface area (Å²) in [7, 11) is 3.06. The fraction of sp³-hybridized carbons (Fsp3) is 0.409. The monoisotopic (exact) mass is 416 g/mol. The Morgan fingerprint density at radius 1 is 1.10 bits per heavy atom. The Labute approximate surface area is 175 Å². The van der Waals surface area contributed by atoms with Crippen molar-refractivity contribution in [1.29, 1.82) is 0 Å². The number of nitrogens with zero attached hydrogens (tertiary/aromatic N) is 2. The summed E-state index contributed by atoms with van der Waals surface area (Å²) in [4.78, 5) is 17.2. The van der Waals surface area contributed by atoms with E-state index < -0.39 is 0 Å². The molecule has 1 saturated heterocycles. The van der Waals surface area contributed by atoms with Gasteiger partial charge in [0.1, 0.15) is 5.75 Å². The second-order valence-corrected chi connectivity index (χ2v) is 7.71. The predicted octanol–water partition coefficient (Wildman–Crippen LogP) is 3.25. The molecule has 0 atom stereocenters. The van der Waals surface area contributed by atoms with Gasteiger partial charge in [0, 0.05) is 44.7 Å². The number of carbonyl (C=O) groups is 1. The lowest BCUT2D eigenvalue weighted by Gasteiger charge is -2.35. The molecule has 0 radical (unpaired) electrons. The van der Waals surface area contributed by atoms with Gasteiger partial charge in [-0.1, -0.05) is 23.7 Å². The Hall–Kier alpha value is -2.44. The predicted molar refractivity (Wildman–Crippen MR) is 111 cm³/mol. The summed E-state index contributed by atoms with van der Waals surface area (Å²) in [6, 6.07) is 9.77. The van der Waals surface area contributed by atoms with Crippen LogP contribution in [0.2, 0.25) is 5.02 Å². The van der Waals surface area contributed by atoms with Crippen molar-refractivity contribution in [2.45, 2.75) is 13.0 Å². The molecular formula is C22H25ClN2O4. The molecule has 2 aliphatic heterocycles. The molecule has 0 spiro atoms. The van der Waals surface area contributed by atoms with E-state index in [2.05, 4.69) is 23.1 Å². The van der Waals surface area contributed by atoms with Gasteiger partial charge in [0.2, 0.25) is 0 Å². The summed E-state index contributed by atoms with van der Waals surface area (Å²) in [6.07, 6.45) is 0.985. The lowest BCUT2D eigenvalue weighted by atomic mass is 10.1. The van der Waals surface area contributed by atoms with Crippen LogP contribution in [0, 0.1) is 0 Å². The number of benzene rings is 2. The van der Waals surface area contributed by atoms with Crippen LogP contribution in [0.25, 0.3) is 0 Å². The molecular weight excluding hydrogens is 392 g/mol. The van der Waals surface area contributed by atoms with Gasteiger partial charge >= 0.3 is 0 Å². The van der Waals surface area contributed by atoms with Crippen LogP contribution in [0.3, 0.4) is 0 Å². The average molecular weight is 417 g/mol. The first-order chi connectivity index (χ1) is 14.1. The largest absolute Gasteiger partial charge is 0.493 e. The zero-order chi connectivity index (χ0) is 20.4. The van der Waals surface area contributed by atoms with Crippen LogP contribution < -0.4 is 14.2 Å². The Morgan fingerprint density at radius 2 is 1.90 bits per heavy atom. The van der Waals surface area contributed by atoms with Gasteiger partial charge in [0.15, 0.2) is 11.5 Å². The third-order valence-electron chi connectivity index (χ3n) is 5.50. The molecule has 1 amide bonds. The number of hydrogen-bond donors (Lipinski definition) is 0. The van der Waals surface area contributed by atoms with Gasteiger partial charge in [-0.15, -0.1) is 0 Å². The zero-order valence-corrected chi connectivity index (χ0v) is 17.5. The molecule has 7 heteroatoms. The van der Waals surface area contributed by atoms with E-state index in [1.165, 1.54) is 25.3 Å². The summed E-state index contributed by atoms with van der Waals surface area (Å²) in [5, 5.41) is 0.370. The molecule has 2 aliphatic rings. The maximum Gasteiger partial charge on any atom is 0.254 e. The summed E-state index contributed by atoms with van der Waals surface area (Å²) < 4.78 is 16.1. The van der Waals surface area contributed by atoms with E-state index in [-0.39, 0.29) is 5.91 Å². The van der Waals surface area contributed by atoms with Crippen molar-refractivity contribution in [3.05, 3.63) is 52.0 Å². The van der Waals surface area contributed by atoms with E-state index in [9.17, 15) is 4.79 Å². The van der Waals surface area contributed by atoms with Crippen LogP contribution >= 0.6 is 11.6 Å². The molecule has 4 rings (SSSR count). The van der Waals surface area contributed by atoms with Crippen molar-refractivity contribution < 1.29 is 19.0 Å². The quantitative estimate of drug-likeness (QED) is 0.748. The van der Waals surface area contributed by atoms with Crippen molar-refractivity contribution in [3.8, 4) is 17.2 Å². The van der Waals surface area contributed by atoms with E-state index >= 15 is 0 Å². The fourth-order valence-electron chi connectivity index (χ4n) is 3.93. The molecule has 2 heterocycles. The van der Waals surface area contributed by atoms with Gasteiger partial charge in [-0.3, -0.25) is 9.69 Å². The van der Waals surface area contributed by atoms with Crippen LogP contribution in [-0.4, -0.2) is 62.7 Å². The number of piperazine rings is 1. The number of rotatable bonds is 5. The summed E-state index contributed by atoms with van der Waals surface area (Å²) in [5.74, 6) is 1.87. The molecule has 0 unspecified atom stereocenters. The minimum atomic E-state index is -0.0396. The van der Waals surface area contributed by atoms with E-state index in [4.69, 9.17) is 25.8 Å².